The quantitative estimate of drug-likeness (QED) is 0.743. The lowest BCUT2D eigenvalue weighted by Gasteiger charge is -2.45. The van der Waals surface area contributed by atoms with Crippen molar-refractivity contribution >= 4 is 10.0 Å². The van der Waals surface area contributed by atoms with Crippen molar-refractivity contribution in [2.45, 2.75) is 43.5 Å². The molecule has 0 aromatic carbocycles. The number of sulfonamides is 1. The molecule has 2 fully saturated rings. The maximum atomic E-state index is 12.6. The fourth-order valence-corrected chi connectivity index (χ4v) is 4.66. The predicted molar refractivity (Wildman–Crippen MR) is 85.7 cm³/mol. The van der Waals surface area contributed by atoms with Crippen LogP contribution in [-0.4, -0.2) is 43.4 Å². The lowest BCUT2D eigenvalue weighted by atomic mass is 9.73. The summed E-state index contributed by atoms with van der Waals surface area (Å²) in [5.74, 6) is 0.643. The van der Waals surface area contributed by atoms with Crippen LogP contribution in [0.1, 0.15) is 17.7 Å². The van der Waals surface area contributed by atoms with E-state index in [4.69, 9.17) is 14.9 Å². The van der Waals surface area contributed by atoms with Gasteiger partial charge in [-0.25, -0.2) is 13.1 Å². The molecule has 0 bridgehead atoms. The molecule has 2 aliphatic rings. The summed E-state index contributed by atoms with van der Waals surface area (Å²) in [6.45, 7) is 4.42. The molecule has 9 heteroatoms. The SMILES string of the molecule is Cc1[nH]nc(-c2ccc(S(=O)(=O)N[C@@H]3[C@@H](N)[C@H]4CCO[C@H]43)o2)c1C. The maximum Gasteiger partial charge on any atom is 0.274 e. The van der Waals surface area contributed by atoms with E-state index in [1.165, 1.54) is 6.07 Å². The van der Waals surface area contributed by atoms with Gasteiger partial charge in [-0.2, -0.15) is 5.10 Å². The Balaban J connectivity index is 1.56. The molecule has 0 amide bonds. The van der Waals surface area contributed by atoms with Gasteiger partial charge in [-0.3, -0.25) is 5.10 Å². The summed E-state index contributed by atoms with van der Waals surface area (Å²) in [4.78, 5) is 0. The average Bonchev–Trinajstić information content (AvgIpc) is 3.25. The number of aryl methyl sites for hydroxylation is 1. The molecule has 4 atom stereocenters. The van der Waals surface area contributed by atoms with Gasteiger partial charge in [0.2, 0.25) is 5.09 Å². The number of hydrogen-bond donors (Lipinski definition) is 3. The molecule has 4 rings (SSSR count). The Hall–Kier alpha value is -1.68. The van der Waals surface area contributed by atoms with E-state index in [0.717, 1.165) is 17.7 Å². The van der Waals surface area contributed by atoms with E-state index in [1.54, 1.807) is 6.07 Å². The number of nitrogens with one attached hydrogen (secondary N) is 2. The topological polar surface area (TPSA) is 123 Å². The minimum Gasteiger partial charge on any atom is -0.442 e. The predicted octanol–water partition coefficient (Wildman–Crippen LogP) is 0.679. The second-order valence-corrected chi connectivity index (χ2v) is 8.10. The van der Waals surface area contributed by atoms with Gasteiger partial charge in [0.1, 0.15) is 5.69 Å². The lowest BCUT2D eigenvalue weighted by molar-refractivity contribution is -0.00935. The van der Waals surface area contributed by atoms with Gasteiger partial charge < -0.3 is 14.9 Å². The Morgan fingerprint density at radius 3 is 2.88 bits per heavy atom. The minimum atomic E-state index is -3.80. The molecule has 0 radical (unpaired) electrons. The molecule has 24 heavy (non-hydrogen) atoms. The van der Waals surface area contributed by atoms with Crippen molar-refractivity contribution in [3.05, 3.63) is 23.4 Å². The molecule has 0 spiro atoms. The first-order valence-corrected chi connectivity index (χ1v) is 9.38. The average molecular weight is 352 g/mol. The highest BCUT2D eigenvalue weighted by Gasteiger charge is 2.53. The molecule has 1 saturated heterocycles. The summed E-state index contributed by atoms with van der Waals surface area (Å²) in [7, 11) is -3.80. The van der Waals surface area contributed by atoms with Crippen molar-refractivity contribution in [1.82, 2.24) is 14.9 Å². The molecule has 8 nitrogen and oxygen atoms in total. The Bertz CT molecular complexity index is 872. The number of nitrogens with two attached hydrogens (primary N) is 1. The van der Waals surface area contributed by atoms with E-state index >= 15 is 0 Å². The first kappa shape index (κ1) is 15.8. The van der Waals surface area contributed by atoms with E-state index in [2.05, 4.69) is 14.9 Å². The third-order valence-electron chi connectivity index (χ3n) is 5.07. The molecule has 130 valence electrons. The number of furan rings is 1. The zero-order chi connectivity index (χ0) is 17.1. The van der Waals surface area contributed by atoms with Gasteiger partial charge in [-0.05, 0) is 32.4 Å². The largest absolute Gasteiger partial charge is 0.442 e. The highest BCUT2D eigenvalue weighted by molar-refractivity contribution is 7.89. The van der Waals surface area contributed by atoms with Crippen LogP contribution in [0.25, 0.3) is 11.5 Å². The molecule has 1 saturated carbocycles. The second-order valence-electron chi connectivity index (χ2n) is 6.45. The minimum absolute atomic E-state index is 0.138. The van der Waals surface area contributed by atoms with Crippen molar-refractivity contribution in [2.75, 3.05) is 6.61 Å². The maximum absolute atomic E-state index is 12.6. The molecular weight excluding hydrogens is 332 g/mol. The number of ether oxygens (including phenoxy) is 1. The Morgan fingerprint density at radius 2 is 2.17 bits per heavy atom. The Labute approximate surface area is 139 Å². The monoisotopic (exact) mass is 352 g/mol. The summed E-state index contributed by atoms with van der Waals surface area (Å²) in [5.41, 5.74) is 8.50. The van der Waals surface area contributed by atoms with Crippen LogP contribution < -0.4 is 10.5 Å². The van der Waals surface area contributed by atoms with E-state index in [0.29, 0.717) is 18.1 Å². The van der Waals surface area contributed by atoms with Crippen LogP contribution in [0.5, 0.6) is 0 Å². The van der Waals surface area contributed by atoms with Crippen LogP contribution in [-0.2, 0) is 14.8 Å². The van der Waals surface area contributed by atoms with E-state index in [9.17, 15) is 8.42 Å². The third kappa shape index (κ3) is 2.31. The summed E-state index contributed by atoms with van der Waals surface area (Å²) < 4.78 is 38.8. The number of rotatable bonds is 4. The van der Waals surface area contributed by atoms with E-state index < -0.39 is 16.1 Å². The van der Waals surface area contributed by atoms with Crippen LogP contribution in [0.3, 0.4) is 0 Å². The van der Waals surface area contributed by atoms with Crippen molar-refractivity contribution < 1.29 is 17.6 Å². The van der Waals surface area contributed by atoms with Crippen molar-refractivity contribution in [3.63, 3.8) is 0 Å². The first-order valence-electron chi connectivity index (χ1n) is 7.90. The third-order valence-corrected chi connectivity index (χ3v) is 6.40. The molecule has 4 N–H and O–H groups in total. The fourth-order valence-electron chi connectivity index (χ4n) is 3.45. The molecule has 0 unspecified atom stereocenters. The second kappa shape index (κ2) is 5.41. The van der Waals surface area contributed by atoms with Gasteiger partial charge in [0.05, 0.1) is 12.1 Å². The first-order chi connectivity index (χ1) is 11.4. The Morgan fingerprint density at radius 1 is 1.38 bits per heavy atom. The van der Waals surface area contributed by atoms with Crippen LogP contribution in [0.4, 0.5) is 0 Å². The van der Waals surface area contributed by atoms with Crippen molar-refractivity contribution in [3.8, 4) is 11.5 Å². The molecule has 2 aromatic heterocycles. The van der Waals surface area contributed by atoms with E-state index in [-0.39, 0.29) is 23.2 Å². The van der Waals surface area contributed by atoms with Gasteiger partial charge in [0.25, 0.3) is 10.0 Å². The number of nitrogens with zero attached hydrogens (tertiary/aromatic N) is 1. The summed E-state index contributed by atoms with van der Waals surface area (Å²) >= 11 is 0. The number of aromatic amines is 1. The summed E-state index contributed by atoms with van der Waals surface area (Å²) in [6.07, 6.45) is 0.743. The zero-order valence-electron chi connectivity index (χ0n) is 13.4. The highest BCUT2D eigenvalue weighted by atomic mass is 32.2. The lowest BCUT2D eigenvalue weighted by Crippen LogP contribution is -2.68. The molecule has 1 aliphatic carbocycles. The smallest absolute Gasteiger partial charge is 0.274 e. The molecule has 2 aromatic rings. The van der Waals surface area contributed by atoms with Gasteiger partial charge in [-0.1, -0.05) is 0 Å². The number of hydrogen-bond acceptors (Lipinski definition) is 6. The number of fused-ring (bicyclic) bond motifs is 1. The fraction of sp³-hybridized carbons (Fsp3) is 0.533. The number of aromatic nitrogens is 2. The standard InChI is InChI=1S/C15H20N4O4S/c1-7-8(2)17-18-13(7)10-3-4-11(23-10)24(20,21)19-14-12(16)9-5-6-22-15(9)14/h3-4,9,12,14-15,19H,5-6,16H2,1-2H3,(H,17,18)/t9-,12+,14-,15-/m1/s1. The molecular formula is C15H20N4O4S. The zero-order valence-corrected chi connectivity index (χ0v) is 14.3. The van der Waals surface area contributed by atoms with Gasteiger partial charge in [0.15, 0.2) is 5.76 Å². The molecule has 3 heterocycles. The number of H-pyrrole nitrogens is 1. The molecule has 1 aliphatic heterocycles. The normalized spacial score (nSPS) is 29.5. The van der Waals surface area contributed by atoms with Crippen molar-refractivity contribution in [1.29, 1.82) is 0 Å². The van der Waals surface area contributed by atoms with E-state index in [1.807, 2.05) is 13.8 Å². The summed E-state index contributed by atoms with van der Waals surface area (Å²) in [6, 6.07) is 2.40. The Kier molecular flexibility index (Phi) is 3.57. The van der Waals surface area contributed by atoms with Crippen LogP contribution in [0, 0.1) is 19.8 Å². The van der Waals surface area contributed by atoms with Gasteiger partial charge in [-0.15, -0.1) is 0 Å². The summed E-state index contributed by atoms with van der Waals surface area (Å²) in [5, 5.41) is 6.86. The van der Waals surface area contributed by atoms with Gasteiger partial charge >= 0.3 is 0 Å². The van der Waals surface area contributed by atoms with Crippen LogP contribution in [0.15, 0.2) is 21.6 Å². The van der Waals surface area contributed by atoms with Crippen LogP contribution in [0.2, 0.25) is 0 Å². The van der Waals surface area contributed by atoms with Crippen molar-refractivity contribution in [2.24, 2.45) is 11.7 Å². The highest BCUT2D eigenvalue weighted by Crippen LogP contribution is 2.38. The van der Waals surface area contributed by atoms with Gasteiger partial charge in [0, 0.05) is 29.8 Å². The van der Waals surface area contributed by atoms with Crippen LogP contribution >= 0.6 is 0 Å².